The number of nitrogens with zero attached hydrogens (tertiary/aromatic N) is 3. The van der Waals surface area contributed by atoms with Crippen LogP contribution in [0.1, 0.15) is 23.2 Å². The number of benzene rings is 1. The van der Waals surface area contributed by atoms with Crippen molar-refractivity contribution in [3.8, 4) is 0 Å². The lowest BCUT2D eigenvalue weighted by molar-refractivity contribution is -0.131. The summed E-state index contributed by atoms with van der Waals surface area (Å²) in [5.74, 6) is -0.279. The van der Waals surface area contributed by atoms with Gasteiger partial charge in [-0.1, -0.05) is 24.3 Å². The lowest BCUT2D eigenvalue weighted by atomic mass is 10.1. The molecule has 6 heteroatoms. The Bertz CT molecular complexity index is 758. The van der Waals surface area contributed by atoms with E-state index in [1.165, 1.54) is 17.2 Å². The van der Waals surface area contributed by atoms with Crippen molar-refractivity contribution in [3.63, 3.8) is 0 Å². The molecule has 0 unspecified atom stereocenters. The standard InChI is InChI=1S/C19H22N4O2/c1-14-4-2-3-5-15(14)12-23-9-8-17(13-23)22-18-11-20-16(10-21-18)6-7-19(24)25/h2-7,10-11,17H,8-9,12-13H2,1H3,(H,21,22)(H,24,25)/b7-6+/t17-/m1/s1. The van der Waals surface area contributed by atoms with Gasteiger partial charge in [-0.05, 0) is 30.5 Å². The number of carboxylic acids is 1. The highest BCUT2D eigenvalue weighted by molar-refractivity contribution is 5.84. The molecule has 0 amide bonds. The number of aromatic nitrogens is 2. The Hall–Kier alpha value is -2.73. The van der Waals surface area contributed by atoms with E-state index in [9.17, 15) is 4.79 Å². The molecule has 0 saturated carbocycles. The van der Waals surface area contributed by atoms with Crippen molar-refractivity contribution in [1.29, 1.82) is 0 Å². The van der Waals surface area contributed by atoms with Crippen molar-refractivity contribution in [1.82, 2.24) is 14.9 Å². The van der Waals surface area contributed by atoms with Crippen LogP contribution in [0, 0.1) is 6.92 Å². The predicted molar refractivity (Wildman–Crippen MR) is 97.2 cm³/mol. The normalized spacial score (nSPS) is 17.9. The number of rotatable bonds is 6. The van der Waals surface area contributed by atoms with Gasteiger partial charge in [0.05, 0.1) is 18.1 Å². The number of hydrogen-bond acceptors (Lipinski definition) is 5. The van der Waals surface area contributed by atoms with Crippen LogP contribution in [0.5, 0.6) is 0 Å². The molecule has 0 spiro atoms. The van der Waals surface area contributed by atoms with Gasteiger partial charge in [0.25, 0.3) is 0 Å². The maximum absolute atomic E-state index is 10.5. The summed E-state index contributed by atoms with van der Waals surface area (Å²) in [7, 11) is 0. The van der Waals surface area contributed by atoms with Crippen LogP contribution >= 0.6 is 0 Å². The zero-order chi connectivity index (χ0) is 17.6. The highest BCUT2D eigenvalue weighted by Crippen LogP contribution is 2.18. The lowest BCUT2D eigenvalue weighted by Gasteiger charge is -2.18. The van der Waals surface area contributed by atoms with Gasteiger partial charge in [0, 0.05) is 31.8 Å². The summed E-state index contributed by atoms with van der Waals surface area (Å²) in [5.41, 5.74) is 3.23. The fourth-order valence-electron chi connectivity index (χ4n) is 2.99. The summed E-state index contributed by atoms with van der Waals surface area (Å²) in [5, 5.41) is 12.0. The molecule has 2 N–H and O–H groups in total. The summed E-state index contributed by atoms with van der Waals surface area (Å²) in [6.07, 6.45) is 6.76. The third kappa shape index (κ3) is 4.87. The summed E-state index contributed by atoms with van der Waals surface area (Å²) in [6.45, 7) is 5.14. The number of anilines is 1. The van der Waals surface area contributed by atoms with E-state index in [2.05, 4.69) is 51.4 Å². The summed E-state index contributed by atoms with van der Waals surface area (Å²) in [4.78, 5) is 21.5. The second-order valence-electron chi connectivity index (χ2n) is 6.29. The van der Waals surface area contributed by atoms with E-state index in [1.54, 1.807) is 12.4 Å². The first-order chi connectivity index (χ1) is 12.1. The third-order valence-corrected chi connectivity index (χ3v) is 4.35. The van der Waals surface area contributed by atoms with Gasteiger partial charge in [-0.25, -0.2) is 9.78 Å². The first-order valence-corrected chi connectivity index (χ1v) is 8.36. The van der Waals surface area contributed by atoms with Crippen molar-refractivity contribution in [2.75, 3.05) is 18.4 Å². The fourth-order valence-corrected chi connectivity index (χ4v) is 2.99. The molecule has 2 aromatic rings. The molecule has 3 rings (SSSR count). The average Bonchev–Trinajstić information content (AvgIpc) is 3.03. The van der Waals surface area contributed by atoms with Crippen LogP contribution in [0.2, 0.25) is 0 Å². The number of aryl methyl sites for hydroxylation is 1. The van der Waals surface area contributed by atoms with E-state index in [0.717, 1.165) is 37.9 Å². The van der Waals surface area contributed by atoms with Gasteiger partial charge in [-0.15, -0.1) is 0 Å². The molecule has 1 fully saturated rings. The van der Waals surface area contributed by atoms with Gasteiger partial charge in [0.2, 0.25) is 0 Å². The van der Waals surface area contributed by atoms with Gasteiger partial charge in [-0.2, -0.15) is 0 Å². The SMILES string of the molecule is Cc1ccccc1CN1CC[C@@H](Nc2cnc(/C=C/C(=O)O)cn2)C1. The van der Waals surface area contributed by atoms with Gasteiger partial charge in [-0.3, -0.25) is 9.88 Å². The zero-order valence-corrected chi connectivity index (χ0v) is 14.2. The monoisotopic (exact) mass is 338 g/mol. The summed E-state index contributed by atoms with van der Waals surface area (Å²) in [6, 6.07) is 8.84. The molecule has 0 radical (unpaired) electrons. The van der Waals surface area contributed by atoms with Crippen LogP contribution in [0.25, 0.3) is 6.08 Å². The first kappa shape index (κ1) is 17.1. The van der Waals surface area contributed by atoms with Crippen molar-refractivity contribution in [3.05, 3.63) is 59.6 Å². The molecule has 130 valence electrons. The van der Waals surface area contributed by atoms with Gasteiger partial charge in [0.15, 0.2) is 0 Å². The highest BCUT2D eigenvalue weighted by Gasteiger charge is 2.22. The van der Waals surface area contributed by atoms with E-state index < -0.39 is 5.97 Å². The van der Waals surface area contributed by atoms with E-state index in [4.69, 9.17) is 5.11 Å². The van der Waals surface area contributed by atoms with Crippen LogP contribution in [-0.4, -0.2) is 45.1 Å². The van der Waals surface area contributed by atoms with E-state index in [-0.39, 0.29) is 0 Å². The number of carboxylic acid groups (broad SMARTS) is 1. The smallest absolute Gasteiger partial charge is 0.328 e. The molecular formula is C19H22N4O2. The van der Waals surface area contributed by atoms with Crippen molar-refractivity contribution >= 4 is 17.9 Å². The van der Waals surface area contributed by atoms with Gasteiger partial charge >= 0.3 is 5.97 Å². The van der Waals surface area contributed by atoms with E-state index in [0.29, 0.717) is 11.7 Å². The number of likely N-dealkylation sites (tertiary alicyclic amines) is 1. The average molecular weight is 338 g/mol. The Morgan fingerprint density at radius 1 is 1.36 bits per heavy atom. The summed E-state index contributed by atoms with van der Waals surface area (Å²) < 4.78 is 0. The molecule has 1 aromatic heterocycles. The minimum atomic E-state index is -0.997. The van der Waals surface area contributed by atoms with Crippen molar-refractivity contribution < 1.29 is 9.90 Å². The van der Waals surface area contributed by atoms with Gasteiger partial charge < -0.3 is 10.4 Å². The topological polar surface area (TPSA) is 78.4 Å². The molecule has 1 aliphatic rings. The zero-order valence-electron chi connectivity index (χ0n) is 14.2. The maximum atomic E-state index is 10.5. The predicted octanol–water partition coefficient (Wildman–Crippen LogP) is 2.57. The third-order valence-electron chi connectivity index (χ3n) is 4.35. The van der Waals surface area contributed by atoms with Crippen molar-refractivity contribution in [2.45, 2.75) is 25.9 Å². The minimum Gasteiger partial charge on any atom is -0.478 e. The summed E-state index contributed by atoms with van der Waals surface area (Å²) >= 11 is 0. The van der Waals surface area contributed by atoms with Crippen LogP contribution in [0.3, 0.4) is 0 Å². The van der Waals surface area contributed by atoms with Gasteiger partial charge in [0.1, 0.15) is 5.82 Å². The Morgan fingerprint density at radius 3 is 2.92 bits per heavy atom. The molecule has 1 aromatic carbocycles. The quantitative estimate of drug-likeness (QED) is 0.788. The number of hydrogen-bond donors (Lipinski definition) is 2. The Kier molecular flexibility index (Phi) is 5.40. The second-order valence-corrected chi connectivity index (χ2v) is 6.29. The molecule has 1 aliphatic heterocycles. The molecule has 25 heavy (non-hydrogen) atoms. The number of carbonyl (C=O) groups is 1. The van der Waals surface area contributed by atoms with Crippen LogP contribution < -0.4 is 5.32 Å². The van der Waals surface area contributed by atoms with Crippen LogP contribution in [-0.2, 0) is 11.3 Å². The first-order valence-electron chi connectivity index (χ1n) is 8.36. The number of nitrogens with one attached hydrogen (secondary N) is 1. The molecule has 1 saturated heterocycles. The minimum absolute atomic E-state index is 0.346. The molecule has 2 heterocycles. The Balaban J connectivity index is 1.53. The van der Waals surface area contributed by atoms with Crippen molar-refractivity contribution in [2.24, 2.45) is 0 Å². The van der Waals surface area contributed by atoms with Crippen LogP contribution in [0.15, 0.2) is 42.7 Å². The molecule has 6 nitrogen and oxygen atoms in total. The Morgan fingerprint density at radius 2 is 2.20 bits per heavy atom. The van der Waals surface area contributed by atoms with E-state index >= 15 is 0 Å². The lowest BCUT2D eigenvalue weighted by Crippen LogP contribution is -2.26. The van der Waals surface area contributed by atoms with Crippen LogP contribution in [0.4, 0.5) is 5.82 Å². The Labute approximate surface area is 147 Å². The molecule has 0 aliphatic carbocycles. The maximum Gasteiger partial charge on any atom is 0.328 e. The molecular weight excluding hydrogens is 316 g/mol. The number of aliphatic carboxylic acids is 1. The van der Waals surface area contributed by atoms with E-state index in [1.807, 2.05) is 0 Å². The molecule has 1 atom stereocenters. The fraction of sp³-hybridized carbons (Fsp3) is 0.316. The molecule has 0 bridgehead atoms. The highest BCUT2D eigenvalue weighted by atomic mass is 16.4. The second kappa shape index (κ2) is 7.90. The largest absolute Gasteiger partial charge is 0.478 e.